The van der Waals surface area contributed by atoms with Crippen LogP contribution in [0.1, 0.15) is 6.42 Å². The first-order valence-electron chi connectivity index (χ1n) is 2.82. The van der Waals surface area contributed by atoms with Gasteiger partial charge in [-0.3, -0.25) is 0 Å². The maximum absolute atomic E-state index is 11.8. The molecule has 0 aliphatic rings. The van der Waals surface area contributed by atoms with Gasteiger partial charge in [-0.2, -0.15) is 13.2 Å². The van der Waals surface area contributed by atoms with Gasteiger partial charge in [0.25, 0.3) is 0 Å². The Balaban J connectivity index is 4.05. The second-order valence-corrected chi connectivity index (χ2v) is 1.91. The first-order valence-corrected chi connectivity index (χ1v) is 2.82. The average molecular weight is 150 g/mol. The second kappa shape index (κ2) is 3.44. The molecule has 0 rings (SSSR count). The van der Waals surface area contributed by atoms with Gasteiger partial charge in [-0.05, 0) is 6.42 Å². The molecule has 0 aliphatic heterocycles. The molecule has 0 bridgehead atoms. The lowest BCUT2D eigenvalue weighted by Gasteiger charge is -2.13. The number of alkyl halides is 3. The van der Waals surface area contributed by atoms with Gasteiger partial charge in [0.1, 0.15) is 0 Å². The molecule has 0 aromatic rings. The molecule has 0 spiro atoms. The Morgan fingerprint density at radius 3 is 1.90 bits per heavy atom. The lowest BCUT2D eigenvalue weighted by Crippen LogP contribution is -2.19. The Morgan fingerprint density at radius 2 is 1.80 bits per heavy atom. The SMILES string of the molecule is C=CCC(C=C)C(F)(F)F. The van der Waals surface area contributed by atoms with Crippen LogP contribution in [0.4, 0.5) is 13.2 Å². The minimum absolute atomic E-state index is 0.0903. The van der Waals surface area contributed by atoms with Crippen LogP contribution in [0.3, 0.4) is 0 Å². The molecule has 0 aromatic carbocycles. The topological polar surface area (TPSA) is 0 Å². The van der Waals surface area contributed by atoms with E-state index < -0.39 is 12.1 Å². The van der Waals surface area contributed by atoms with Crippen LogP contribution in [-0.2, 0) is 0 Å². The van der Waals surface area contributed by atoms with Crippen molar-refractivity contribution in [2.24, 2.45) is 5.92 Å². The summed E-state index contributed by atoms with van der Waals surface area (Å²) in [5.74, 6) is -1.44. The lowest BCUT2D eigenvalue weighted by atomic mass is 10.1. The number of hydrogen-bond acceptors (Lipinski definition) is 0. The number of hydrogen-bond donors (Lipinski definition) is 0. The second-order valence-electron chi connectivity index (χ2n) is 1.91. The molecular weight excluding hydrogens is 141 g/mol. The number of halogens is 3. The quantitative estimate of drug-likeness (QED) is 0.542. The third kappa shape index (κ3) is 2.71. The zero-order chi connectivity index (χ0) is 8.20. The van der Waals surface area contributed by atoms with Gasteiger partial charge >= 0.3 is 6.18 Å². The summed E-state index contributed by atoms with van der Waals surface area (Å²) in [6.07, 6.45) is -2.13. The molecule has 0 amide bonds. The van der Waals surface area contributed by atoms with Crippen LogP contribution < -0.4 is 0 Å². The summed E-state index contributed by atoms with van der Waals surface area (Å²) in [6, 6.07) is 0. The highest BCUT2D eigenvalue weighted by Crippen LogP contribution is 2.29. The van der Waals surface area contributed by atoms with Crippen LogP contribution in [-0.4, -0.2) is 6.18 Å². The standard InChI is InChI=1S/C7H9F3/c1-3-5-6(4-2)7(8,9)10/h3-4,6H,1-2,5H2. The molecule has 0 N–H and O–H groups in total. The molecule has 0 aromatic heterocycles. The lowest BCUT2D eigenvalue weighted by molar-refractivity contribution is -0.160. The fourth-order valence-electron chi connectivity index (χ4n) is 0.543. The normalized spacial score (nSPS) is 14.3. The van der Waals surface area contributed by atoms with Gasteiger partial charge in [-0.25, -0.2) is 0 Å². The number of rotatable bonds is 3. The van der Waals surface area contributed by atoms with Crippen molar-refractivity contribution in [2.45, 2.75) is 12.6 Å². The van der Waals surface area contributed by atoms with E-state index >= 15 is 0 Å². The molecule has 10 heavy (non-hydrogen) atoms. The van der Waals surface area contributed by atoms with E-state index in [0.29, 0.717) is 0 Å². The van der Waals surface area contributed by atoms with E-state index in [0.717, 1.165) is 6.08 Å². The summed E-state index contributed by atoms with van der Waals surface area (Å²) in [7, 11) is 0. The van der Waals surface area contributed by atoms with Gasteiger partial charge in [-0.1, -0.05) is 12.2 Å². The van der Waals surface area contributed by atoms with Gasteiger partial charge in [0, 0.05) is 0 Å². The maximum atomic E-state index is 11.8. The molecule has 58 valence electrons. The molecule has 1 unspecified atom stereocenters. The van der Waals surface area contributed by atoms with Gasteiger partial charge < -0.3 is 0 Å². The van der Waals surface area contributed by atoms with Crippen molar-refractivity contribution in [2.75, 3.05) is 0 Å². The van der Waals surface area contributed by atoms with Crippen molar-refractivity contribution in [3.8, 4) is 0 Å². The third-order valence-electron chi connectivity index (χ3n) is 1.13. The van der Waals surface area contributed by atoms with Crippen molar-refractivity contribution in [1.82, 2.24) is 0 Å². The van der Waals surface area contributed by atoms with E-state index in [1.54, 1.807) is 0 Å². The van der Waals surface area contributed by atoms with Crippen molar-refractivity contribution >= 4 is 0 Å². The highest BCUT2D eigenvalue weighted by Gasteiger charge is 2.35. The molecule has 0 radical (unpaired) electrons. The van der Waals surface area contributed by atoms with Crippen LogP contribution in [0.2, 0.25) is 0 Å². The van der Waals surface area contributed by atoms with Gasteiger partial charge in [0.15, 0.2) is 0 Å². The largest absolute Gasteiger partial charge is 0.395 e. The van der Waals surface area contributed by atoms with Crippen molar-refractivity contribution in [3.63, 3.8) is 0 Å². The Bertz CT molecular complexity index is 123. The minimum Gasteiger partial charge on any atom is -0.170 e. The smallest absolute Gasteiger partial charge is 0.170 e. The number of allylic oxidation sites excluding steroid dienone is 2. The zero-order valence-corrected chi connectivity index (χ0v) is 5.49. The molecule has 0 saturated heterocycles. The summed E-state index contributed by atoms with van der Waals surface area (Å²) in [6.45, 7) is 6.29. The van der Waals surface area contributed by atoms with E-state index in [9.17, 15) is 13.2 Å². The van der Waals surface area contributed by atoms with Crippen LogP contribution in [0.15, 0.2) is 25.3 Å². The molecule has 0 saturated carbocycles. The highest BCUT2D eigenvalue weighted by atomic mass is 19.4. The van der Waals surface area contributed by atoms with Gasteiger partial charge in [0.2, 0.25) is 0 Å². The summed E-state index contributed by atoms with van der Waals surface area (Å²) in [5.41, 5.74) is 0. The Hall–Kier alpha value is -0.730. The fraction of sp³-hybridized carbons (Fsp3) is 0.429. The molecule has 1 atom stereocenters. The van der Waals surface area contributed by atoms with Crippen molar-refractivity contribution in [1.29, 1.82) is 0 Å². The highest BCUT2D eigenvalue weighted by molar-refractivity contribution is 4.89. The summed E-state index contributed by atoms with van der Waals surface area (Å²) in [5, 5.41) is 0. The molecule has 0 aliphatic carbocycles. The third-order valence-corrected chi connectivity index (χ3v) is 1.13. The summed E-state index contributed by atoms with van der Waals surface area (Å²) < 4.78 is 35.4. The zero-order valence-electron chi connectivity index (χ0n) is 5.49. The summed E-state index contributed by atoms with van der Waals surface area (Å²) in [4.78, 5) is 0. The Kier molecular flexibility index (Phi) is 3.19. The maximum Gasteiger partial charge on any atom is 0.395 e. The fourth-order valence-corrected chi connectivity index (χ4v) is 0.543. The monoisotopic (exact) mass is 150 g/mol. The molecular formula is C7H9F3. The van der Waals surface area contributed by atoms with E-state index in [1.165, 1.54) is 6.08 Å². The van der Waals surface area contributed by atoms with Crippen molar-refractivity contribution < 1.29 is 13.2 Å². The van der Waals surface area contributed by atoms with Crippen LogP contribution >= 0.6 is 0 Å². The van der Waals surface area contributed by atoms with E-state index in [-0.39, 0.29) is 6.42 Å². The predicted octanol–water partition coefficient (Wildman–Crippen LogP) is 2.93. The molecule has 3 heteroatoms. The average Bonchev–Trinajstić information content (AvgIpc) is 1.80. The predicted molar refractivity (Wildman–Crippen MR) is 34.6 cm³/mol. The van der Waals surface area contributed by atoms with E-state index in [4.69, 9.17) is 0 Å². The summed E-state index contributed by atoms with van der Waals surface area (Å²) >= 11 is 0. The minimum atomic E-state index is -4.17. The van der Waals surface area contributed by atoms with Crippen LogP contribution in [0.25, 0.3) is 0 Å². The Labute approximate surface area is 58.0 Å². The molecule has 0 fully saturated rings. The van der Waals surface area contributed by atoms with Gasteiger partial charge in [-0.15, -0.1) is 13.2 Å². The van der Waals surface area contributed by atoms with Gasteiger partial charge in [0.05, 0.1) is 5.92 Å². The van der Waals surface area contributed by atoms with Crippen molar-refractivity contribution in [3.05, 3.63) is 25.3 Å². The first kappa shape index (κ1) is 9.27. The van der Waals surface area contributed by atoms with Crippen LogP contribution in [0, 0.1) is 5.92 Å². The van der Waals surface area contributed by atoms with E-state index in [1.807, 2.05) is 0 Å². The Morgan fingerprint density at radius 1 is 1.30 bits per heavy atom. The molecule has 0 nitrogen and oxygen atoms in total. The first-order chi connectivity index (χ1) is 4.52. The van der Waals surface area contributed by atoms with E-state index in [2.05, 4.69) is 13.2 Å². The van der Waals surface area contributed by atoms with Crippen LogP contribution in [0.5, 0.6) is 0 Å². The molecule has 0 heterocycles.